The molecule has 5 aromatic carbocycles. The van der Waals surface area contributed by atoms with Crippen LogP contribution in [-0.4, -0.2) is 73.7 Å². The van der Waals surface area contributed by atoms with Gasteiger partial charge in [-0.2, -0.15) is 4.98 Å². The topological polar surface area (TPSA) is 190 Å². The number of carbonyl (C=O) groups excluding carboxylic acids is 5. The molecule has 0 radical (unpaired) electrons. The lowest BCUT2D eigenvalue weighted by Crippen LogP contribution is -2.41. The van der Waals surface area contributed by atoms with E-state index in [1.165, 1.54) is 77.7 Å². The van der Waals surface area contributed by atoms with Gasteiger partial charge in [0, 0.05) is 6.92 Å². The Bertz CT molecular complexity index is 3190. The second-order valence-electron chi connectivity index (χ2n) is 14.7. The van der Waals surface area contributed by atoms with E-state index in [1.54, 1.807) is 81.4 Å². The van der Waals surface area contributed by atoms with Crippen molar-refractivity contribution in [2.45, 2.75) is 52.2 Å². The van der Waals surface area contributed by atoms with Crippen molar-refractivity contribution in [2.24, 2.45) is 0 Å². The number of anilines is 3. The van der Waals surface area contributed by atoms with Gasteiger partial charge in [-0.25, -0.2) is 28.7 Å². The average Bonchev–Trinajstić information content (AvgIpc) is 3.81. The van der Waals surface area contributed by atoms with E-state index in [1.807, 2.05) is 0 Å². The fourth-order valence-corrected chi connectivity index (χ4v) is 6.63. The summed E-state index contributed by atoms with van der Waals surface area (Å²) in [7, 11) is 0. The molecule has 1 aliphatic rings. The van der Waals surface area contributed by atoms with Gasteiger partial charge in [0.1, 0.15) is 12.6 Å². The number of carbonyl (C=O) groups is 5. The van der Waals surface area contributed by atoms with Crippen molar-refractivity contribution in [3.8, 4) is 0 Å². The molecular weight excluding hydrogens is 833 g/mol. The Balaban J connectivity index is 1.33. The van der Waals surface area contributed by atoms with Crippen LogP contribution in [0, 0.1) is 20.8 Å². The average molecular weight is 880 g/mol. The molecule has 3 heterocycles. The number of para-hydroxylation sites is 2. The number of aryl methyl sites for hydroxylation is 3. The quantitative estimate of drug-likeness (QED) is 0.0984. The van der Waals surface area contributed by atoms with E-state index in [9.17, 15) is 35.6 Å². The van der Waals surface area contributed by atoms with Crippen molar-refractivity contribution >= 4 is 58.3 Å². The number of urea groups is 1. The van der Waals surface area contributed by atoms with Crippen LogP contribution in [0.15, 0.2) is 145 Å². The van der Waals surface area contributed by atoms with Gasteiger partial charge in [0.05, 0.1) is 41.2 Å². The van der Waals surface area contributed by atoms with Crippen LogP contribution in [0.2, 0.25) is 0 Å². The number of hydrogen-bond donors (Lipinski definition) is 1. The maximum atomic E-state index is 14.4. The predicted molar refractivity (Wildman–Crippen MR) is 238 cm³/mol. The third-order valence-electron chi connectivity index (χ3n) is 9.99. The summed E-state index contributed by atoms with van der Waals surface area (Å²) in [6.45, 7) is 2.30. The Morgan fingerprint density at radius 1 is 0.708 bits per heavy atom. The zero-order chi connectivity index (χ0) is 50.3. The molecule has 2 aromatic heterocycles. The molecule has 1 saturated heterocycles. The molecule has 16 heteroatoms. The normalized spacial score (nSPS) is 21.4. The molecule has 1 fully saturated rings. The minimum absolute atomic E-state index is 0.206. The minimum atomic E-state index is -3.90. The van der Waals surface area contributed by atoms with Crippen molar-refractivity contribution in [3.05, 3.63) is 184 Å². The molecule has 0 spiro atoms. The van der Waals surface area contributed by atoms with Gasteiger partial charge in [-0.05, 0) is 81.4 Å². The molecule has 328 valence electrons. The van der Waals surface area contributed by atoms with Crippen LogP contribution in [0.25, 0.3) is 11.2 Å². The number of amides is 2. The number of ether oxygens (including phenoxy) is 4. The third kappa shape index (κ3) is 9.28. The molecule has 2 amide bonds. The number of imidazole rings is 1. The van der Waals surface area contributed by atoms with Crippen LogP contribution in [-0.2, 0) is 18.9 Å². The van der Waals surface area contributed by atoms with Gasteiger partial charge in [0.2, 0.25) is 11.9 Å². The third-order valence-corrected chi connectivity index (χ3v) is 9.99. The second kappa shape index (κ2) is 18.6. The summed E-state index contributed by atoms with van der Waals surface area (Å²) < 4.78 is 72.3. The molecular formula is C49H42N6O10. The Hall–Kier alpha value is -8.24. The number of fused-ring (bicyclic) bond motifs is 1. The van der Waals surface area contributed by atoms with Gasteiger partial charge in [0.15, 0.2) is 29.6 Å². The largest absolute Gasteiger partial charge is 0.459 e. The number of nitrogens with one attached hydrogen (secondary N) is 1. The Labute approximate surface area is 379 Å². The Morgan fingerprint density at radius 3 is 1.68 bits per heavy atom. The molecule has 0 saturated carbocycles. The molecule has 8 rings (SSSR count). The maximum Gasteiger partial charge on any atom is 0.338 e. The summed E-state index contributed by atoms with van der Waals surface area (Å²) in [5.41, 5.74) is -0.267. The van der Waals surface area contributed by atoms with Crippen molar-refractivity contribution < 1.29 is 49.8 Å². The monoisotopic (exact) mass is 879 g/mol. The summed E-state index contributed by atoms with van der Waals surface area (Å²) in [5.74, 6) is -5.80. The van der Waals surface area contributed by atoms with Crippen LogP contribution in [0.1, 0.15) is 72.6 Å². The summed E-state index contributed by atoms with van der Waals surface area (Å²) in [6.07, 6.45) is -13.2. The number of nitrogens with zero attached hydrogens (tertiary/aromatic N) is 5. The molecule has 0 aliphatic carbocycles. The van der Waals surface area contributed by atoms with E-state index in [0.717, 1.165) is 18.8 Å². The molecule has 1 N–H and O–H groups in total. The highest BCUT2D eigenvalue weighted by atomic mass is 16.7. The van der Waals surface area contributed by atoms with Gasteiger partial charge in [-0.3, -0.25) is 24.4 Å². The van der Waals surface area contributed by atoms with Gasteiger partial charge >= 0.3 is 23.9 Å². The van der Waals surface area contributed by atoms with E-state index in [4.69, 9.17) is 18.9 Å². The smallest absolute Gasteiger partial charge is 0.338 e. The lowest BCUT2D eigenvalue weighted by atomic mass is 10.1. The first-order valence-electron chi connectivity index (χ1n) is 22.5. The van der Waals surface area contributed by atoms with E-state index >= 15 is 0 Å². The van der Waals surface area contributed by atoms with Gasteiger partial charge in [-0.15, -0.1) is 0 Å². The molecule has 16 nitrogen and oxygen atoms in total. The first kappa shape index (κ1) is 37.3. The van der Waals surface area contributed by atoms with E-state index < -0.39 is 83.5 Å². The number of rotatable bonds is 11. The van der Waals surface area contributed by atoms with E-state index in [2.05, 4.69) is 15.3 Å². The number of hydrogen-bond acceptors (Lipinski definition) is 12. The van der Waals surface area contributed by atoms with Crippen LogP contribution in [0.4, 0.5) is 22.1 Å². The second-order valence-corrected chi connectivity index (χ2v) is 14.7. The molecule has 0 bridgehead atoms. The first-order valence-corrected chi connectivity index (χ1v) is 20.0. The molecule has 65 heavy (non-hydrogen) atoms. The Kier molecular flexibility index (Phi) is 10.7. The first-order chi connectivity index (χ1) is 33.2. The molecule has 4 atom stereocenters. The highest BCUT2D eigenvalue weighted by Gasteiger charge is 2.52. The fourth-order valence-electron chi connectivity index (χ4n) is 6.63. The lowest BCUT2D eigenvalue weighted by molar-refractivity contribution is -0.0606. The number of benzene rings is 5. The van der Waals surface area contributed by atoms with Crippen molar-refractivity contribution in [1.82, 2.24) is 19.1 Å². The van der Waals surface area contributed by atoms with Crippen LogP contribution >= 0.6 is 0 Å². The zero-order valence-corrected chi connectivity index (χ0v) is 35.2. The lowest BCUT2D eigenvalue weighted by Gasteiger charge is -2.25. The van der Waals surface area contributed by atoms with Gasteiger partial charge in [-0.1, -0.05) is 89.5 Å². The van der Waals surface area contributed by atoms with Crippen LogP contribution < -0.4 is 15.8 Å². The van der Waals surface area contributed by atoms with Gasteiger partial charge in [0.25, 0.3) is 5.56 Å². The number of aromatic nitrogens is 4. The molecule has 7 aromatic rings. The standard InChI is InChI=1S/C49H42N6O10/c1-29-15-21-33(22-16-29)45(58)62-27-38-40(64-46(59)34-23-17-30(2)18-24-34)41(65-47(60)35-25-19-31(3)20-26-35)44(63-38)53-28-50-39-42(53)51-48(54(32(4)56)43(39)57)52-49(61)55(36-11-7-5-8-12-36)37-13-9-6-10-14-37/h5-26,28,38,40-41,44H,27H2,1-4H3,(H,51,52,61)/t38-,40-,41-,44-/m1/s1/i27D2,38D,40D,41D. The highest BCUT2D eigenvalue weighted by molar-refractivity contribution is 6.07. The summed E-state index contributed by atoms with van der Waals surface area (Å²) in [5, 5.41) is 2.50. The molecule has 1 aliphatic heterocycles. The van der Waals surface area contributed by atoms with Crippen LogP contribution in [0.3, 0.4) is 0 Å². The van der Waals surface area contributed by atoms with E-state index in [0.29, 0.717) is 31.6 Å². The van der Waals surface area contributed by atoms with Crippen LogP contribution in [0.5, 0.6) is 0 Å². The Morgan fingerprint density at radius 2 is 1.18 bits per heavy atom. The summed E-state index contributed by atoms with van der Waals surface area (Å²) in [6, 6.07) is 32.7. The van der Waals surface area contributed by atoms with Gasteiger partial charge < -0.3 is 18.9 Å². The zero-order valence-electron chi connectivity index (χ0n) is 40.2. The van der Waals surface area contributed by atoms with Crippen molar-refractivity contribution in [1.29, 1.82) is 0 Å². The van der Waals surface area contributed by atoms with E-state index in [-0.39, 0.29) is 16.7 Å². The maximum absolute atomic E-state index is 14.4. The minimum Gasteiger partial charge on any atom is -0.459 e. The SMILES string of the molecule is [2H]C([2H])(OC(=O)c1ccc(C)cc1)[C@@]1([2H])O[C@@H](n2cnc3c(=O)n(C(C)=O)c(NC(=O)N(c4ccccc4)c4ccccc4)nc32)[C@]([2H])(OC(=O)c2ccc(C)cc2)[C@]1([2H])OC(=O)c1ccc(C)cc1. The summed E-state index contributed by atoms with van der Waals surface area (Å²) in [4.78, 5) is 93.7. The predicted octanol–water partition coefficient (Wildman–Crippen LogP) is 7.75. The molecule has 0 unspecified atom stereocenters. The van der Waals surface area contributed by atoms with Crippen molar-refractivity contribution in [2.75, 3.05) is 16.8 Å². The fraction of sp³-hybridized carbons (Fsp3) is 0.184. The highest BCUT2D eigenvalue weighted by Crippen LogP contribution is 2.37. The van der Waals surface area contributed by atoms with Crippen molar-refractivity contribution in [3.63, 3.8) is 0 Å². The number of esters is 3. The summed E-state index contributed by atoms with van der Waals surface area (Å²) >= 11 is 0.